The molecule has 12 rings (SSSR count). The van der Waals surface area contributed by atoms with Gasteiger partial charge in [-0.15, -0.1) is 22.7 Å². The average Bonchev–Trinajstić information content (AvgIpc) is 1.21. The largest absolute Gasteiger partial charge is 0.444 e. The van der Waals surface area contributed by atoms with Crippen LogP contribution in [0.3, 0.4) is 0 Å². The van der Waals surface area contributed by atoms with Gasteiger partial charge in [0.15, 0.2) is 23.2 Å². The Morgan fingerprint density at radius 3 is 1.22 bits per heavy atom. The van der Waals surface area contributed by atoms with Gasteiger partial charge in [0, 0.05) is 114 Å². The van der Waals surface area contributed by atoms with E-state index in [-0.39, 0.29) is 84.4 Å². The normalized spacial score (nSPS) is 21.2. The van der Waals surface area contributed by atoms with Gasteiger partial charge in [-0.25, -0.2) is 19.6 Å². The first-order valence-corrected chi connectivity index (χ1v) is 36.1. The number of nitrogens with one attached hydrogen (secondary N) is 2. The lowest BCUT2D eigenvalue weighted by Gasteiger charge is -2.53. The lowest BCUT2D eigenvalue weighted by molar-refractivity contribution is -0.141. The number of likely N-dealkylation sites (tertiary alicyclic amines) is 4. The van der Waals surface area contributed by atoms with Gasteiger partial charge in [-0.1, -0.05) is 86.5 Å². The van der Waals surface area contributed by atoms with Gasteiger partial charge in [0.05, 0.1) is 44.4 Å². The number of aliphatic hydroxyl groups is 2. The van der Waals surface area contributed by atoms with E-state index in [2.05, 4.69) is 40.7 Å². The van der Waals surface area contributed by atoms with E-state index < -0.39 is 47.3 Å². The van der Waals surface area contributed by atoms with E-state index in [1.807, 2.05) is 155 Å². The highest BCUT2D eigenvalue weighted by atomic mass is 32.1. The number of aliphatic hydroxyl groups excluding tert-OH is 2. The molecule has 6 atom stereocenters. The van der Waals surface area contributed by atoms with Gasteiger partial charge < -0.3 is 68.8 Å². The monoisotopic (exact) mass is 1380 g/mol. The molecule has 6 aromatic rings. The lowest BCUT2D eigenvalue weighted by Crippen LogP contribution is -2.61. The number of thiazole rings is 2. The van der Waals surface area contributed by atoms with Gasteiger partial charge in [0.1, 0.15) is 35.1 Å². The zero-order valence-corrected chi connectivity index (χ0v) is 60.2. The second-order valence-electron chi connectivity index (χ2n) is 30.4. The molecule has 24 nitrogen and oxygen atoms in total. The van der Waals surface area contributed by atoms with Gasteiger partial charge >= 0.3 is 12.2 Å². The van der Waals surface area contributed by atoms with Crippen LogP contribution < -0.4 is 20.4 Å². The SMILES string of the molecule is Cc1ncsc1-c1ccc(CNC(=O)[C@@H]2C[C@@H](O)CN2C(=O)C(c2cc(N3CC4(CCN(C(=O)OC(C)(C)C)CC4)C3)no2)C(C)C)cc1.Cc1ncsc1-c1ccc(CNC(=O)[C@@H]2C[C@@H](O)CN2C(=O)[C@@H](c2cc(N3CC4(CCN(C(=O)OC(C)(C)C)CC4)C3)no2)C(C)C)cc1. The second-order valence-corrected chi connectivity index (χ2v) is 32.1. The highest BCUT2D eigenvalue weighted by Crippen LogP contribution is 2.46. The molecule has 1 unspecified atom stereocenters. The van der Waals surface area contributed by atoms with Crippen LogP contribution in [0.15, 0.2) is 80.7 Å². The van der Waals surface area contributed by atoms with E-state index >= 15 is 0 Å². The molecule has 4 N–H and O–H groups in total. The minimum absolute atomic E-state index is 0.0823. The highest BCUT2D eigenvalue weighted by Gasteiger charge is 2.50. The molecule has 10 heterocycles. The zero-order chi connectivity index (χ0) is 70.2. The summed E-state index contributed by atoms with van der Waals surface area (Å²) in [6.07, 6.45) is 1.79. The van der Waals surface area contributed by atoms with Crippen LogP contribution in [0.5, 0.6) is 0 Å². The van der Waals surface area contributed by atoms with Gasteiger partial charge in [0.25, 0.3) is 0 Å². The molecule has 26 heteroatoms. The van der Waals surface area contributed by atoms with Crippen molar-refractivity contribution in [1.29, 1.82) is 0 Å². The fourth-order valence-corrected chi connectivity index (χ4v) is 16.0. The Kier molecular flexibility index (Phi) is 21.2. The number of benzene rings is 2. The van der Waals surface area contributed by atoms with Crippen molar-refractivity contribution in [3.8, 4) is 20.9 Å². The highest BCUT2D eigenvalue weighted by molar-refractivity contribution is 7.13. The van der Waals surface area contributed by atoms with Crippen LogP contribution in [0.1, 0.15) is 154 Å². The van der Waals surface area contributed by atoms with Gasteiger partial charge in [-0.05, 0) is 115 Å². The number of carbonyl (C=O) groups excluding carboxylic acids is 6. The average molecular weight is 1390 g/mol. The molecule has 2 spiro atoms. The van der Waals surface area contributed by atoms with E-state index in [1.54, 1.807) is 32.5 Å². The molecule has 2 aromatic carbocycles. The molecule has 6 fully saturated rings. The number of anilines is 2. The Balaban J connectivity index is 0.000000198. The van der Waals surface area contributed by atoms with Gasteiger partial charge in [-0.3, -0.25) is 19.2 Å². The number of β-amino-alcohol motifs (C(OH)–C–C–N with tert-alkyl or cyclic N) is 2. The van der Waals surface area contributed by atoms with Crippen molar-refractivity contribution in [2.24, 2.45) is 22.7 Å². The van der Waals surface area contributed by atoms with Crippen LogP contribution in [0.25, 0.3) is 20.9 Å². The third kappa shape index (κ3) is 16.3. The van der Waals surface area contributed by atoms with Crippen molar-refractivity contribution in [3.63, 3.8) is 0 Å². The van der Waals surface area contributed by atoms with Crippen molar-refractivity contribution in [2.75, 3.05) is 75.2 Å². The fraction of sp³-hybridized carbons (Fsp3) is 0.583. The third-order valence-electron chi connectivity index (χ3n) is 19.8. The van der Waals surface area contributed by atoms with E-state index in [0.717, 1.165) is 95.3 Å². The molecule has 0 saturated carbocycles. The quantitative estimate of drug-likeness (QED) is 0.0701. The molecular weight excluding hydrogens is 1290 g/mol. The van der Waals surface area contributed by atoms with Crippen LogP contribution >= 0.6 is 22.7 Å². The Morgan fingerprint density at radius 2 is 0.918 bits per heavy atom. The van der Waals surface area contributed by atoms with Crippen molar-refractivity contribution >= 4 is 70.1 Å². The van der Waals surface area contributed by atoms with E-state index in [4.69, 9.17) is 18.5 Å². The minimum Gasteiger partial charge on any atom is -0.444 e. The molecule has 6 aliphatic heterocycles. The summed E-state index contributed by atoms with van der Waals surface area (Å²) >= 11 is 3.19. The minimum atomic E-state index is -0.793. The predicted octanol–water partition coefficient (Wildman–Crippen LogP) is 9.92. The topological polar surface area (TPSA) is 283 Å². The van der Waals surface area contributed by atoms with Crippen LogP contribution in [0, 0.1) is 36.5 Å². The molecule has 0 bridgehead atoms. The lowest BCUT2D eigenvalue weighted by atomic mass is 9.72. The number of hydrogen-bond donors (Lipinski definition) is 4. The number of ether oxygens (including phenoxy) is 2. The molecule has 0 aliphatic carbocycles. The first-order valence-electron chi connectivity index (χ1n) is 34.3. The zero-order valence-electron chi connectivity index (χ0n) is 58.5. The maximum Gasteiger partial charge on any atom is 0.410 e. The number of aryl methyl sites for hydroxylation is 2. The van der Waals surface area contributed by atoms with Gasteiger partial charge in [0.2, 0.25) is 23.6 Å². The van der Waals surface area contributed by atoms with E-state index in [0.29, 0.717) is 62.4 Å². The maximum absolute atomic E-state index is 14.1. The molecule has 6 aliphatic rings. The molecule has 6 amide bonds. The summed E-state index contributed by atoms with van der Waals surface area (Å²) in [6.45, 7) is 29.6. The molecule has 0 radical (unpaired) electrons. The molecule has 98 heavy (non-hydrogen) atoms. The van der Waals surface area contributed by atoms with Gasteiger partial charge in [-0.2, -0.15) is 0 Å². The maximum atomic E-state index is 14.1. The smallest absolute Gasteiger partial charge is 0.410 e. The van der Waals surface area contributed by atoms with Crippen molar-refractivity contribution < 1.29 is 57.5 Å². The first-order chi connectivity index (χ1) is 46.4. The number of aromatic nitrogens is 4. The molecular formula is C72H96N12O12S2. The molecule has 4 aromatic heterocycles. The number of amides is 6. The summed E-state index contributed by atoms with van der Waals surface area (Å²) in [5.41, 5.74) is 8.85. The summed E-state index contributed by atoms with van der Waals surface area (Å²) in [7, 11) is 0. The Morgan fingerprint density at radius 1 is 0.571 bits per heavy atom. The number of carbonyl (C=O) groups is 6. The Bertz CT molecular complexity index is 3540. The number of piperidine rings is 2. The van der Waals surface area contributed by atoms with E-state index in [1.165, 1.54) is 9.80 Å². The summed E-state index contributed by atoms with van der Waals surface area (Å²) in [5, 5.41) is 35.8. The third-order valence-corrected chi connectivity index (χ3v) is 21.8. The molecule has 528 valence electrons. The van der Waals surface area contributed by atoms with Crippen molar-refractivity contribution in [2.45, 2.75) is 182 Å². The van der Waals surface area contributed by atoms with Crippen LogP contribution in [-0.2, 0) is 41.7 Å². The Labute approximate surface area is 581 Å². The second kappa shape index (κ2) is 29.1. The summed E-state index contributed by atoms with van der Waals surface area (Å²) in [5.74, 6) is -0.406. The molecule has 6 saturated heterocycles. The first kappa shape index (κ1) is 71.3. The van der Waals surface area contributed by atoms with E-state index in [9.17, 15) is 39.0 Å². The predicted molar refractivity (Wildman–Crippen MR) is 372 cm³/mol. The summed E-state index contributed by atoms with van der Waals surface area (Å²) in [4.78, 5) is 102. The standard InChI is InChI=1S/2C36H48N6O6S/c2*1-22(2)30(28-16-29(39-48-28)41-19-36(20-41)11-13-40(14-12-36)34(46)47-35(4,5)6)33(45)42-18-26(43)15-27(42)32(44)37-17-24-7-9-25(10-8-24)31-23(3)38-21-49-31/h2*7-10,16,21-22,26-27,30,43H,11-15,17-20H2,1-6H3,(H,37,44)/t26-,27+,30?;26-,27+,30-/m11/s1. The van der Waals surface area contributed by atoms with Crippen LogP contribution in [0.2, 0.25) is 0 Å². The summed E-state index contributed by atoms with van der Waals surface area (Å²) in [6, 6.07) is 18.1. The fourth-order valence-electron chi connectivity index (χ4n) is 14.4. The number of rotatable bonds is 16. The summed E-state index contributed by atoms with van der Waals surface area (Å²) < 4.78 is 22.7. The number of hydrogen-bond acceptors (Lipinski definition) is 20. The number of nitrogens with zero attached hydrogens (tertiary/aromatic N) is 10. The van der Waals surface area contributed by atoms with Crippen molar-refractivity contribution in [3.05, 3.63) is 106 Å². The van der Waals surface area contributed by atoms with Crippen LogP contribution in [-0.4, -0.2) is 187 Å². The Hall–Kier alpha value is -7.94. The van der Waals surface area contributed by atoms with Crippen LogP contribution in [0.4, 0.5) is 21.2 Å². The van der Waals surface area contributed by atoms with Crippen molar-refractivity contribution in [1.82, 2.24) is 50.5 Å².